The summed E-state index contributed by atoms with van der Waals surface area (Å²) in [5.41, 5.74) is 0.712. The van der Waals surface area contributed by atoms with Crippen molar-refractivity contribution in [1.82, 2.24) is 19.9 Å². The van der Waals surface area contributed by atoms with Crippen molar-refractivity contribution >= 4 is 35.1 Å². The Morgan fingerprint density at radius 3 is 2.62 bits per heavy atom. The molecule has 32 heavy (non-hydrogen) atoms. The molecule has 8 nitrogen and oxygen atoms in total. The molecule has 3 N–H and O–H groups in total. The number of aromatic hydroxyl groups is 1. The second-order valence-electron chi connectivity index (χ2n) is 8.78. The molecule has 0 spiro atoms. The predicted molar refractivity (Wildman–Crippen MR) is 130 cm³/mol. The number of phenolic OH excluding ortho intramolecular Hbond substituents is 1. The number of nitrogens with zero attached hydrogens (tertiary/aromatic N) is 5. The molecule has 1 aliphatic heterocycles. The van der Waals surface area contributed by atoms with Gasteiger partial charge in [0.1, 0.15) is 5.75 Å². The molecule has 0 amide bonds. The smallest absolute Gasteiger partial charge is 0.233 e. The summed E-state index contributed by atoms with van der Waals surface area (Å²) in [5, 5.41) is 16.7. The number of likely N-dealkylation sites (N-methyl/N-ethyl adjacent to an activating group) is 1. The summed E-state index contributed by atoms with van der Waals surface area (Å²) in [6.07, 6.45) is 8.55. The maximum atomic E-state index is 9.71. The van der Waals surface area contributed by atoms with E-state index < -0.39 is 0 Å². The average Bonchev–Trinajstić information content (AvgIpc) is 3.28. The molecule has 1 aromatic heterocycles. The van der Waals surface area contributed by atoms with Crippen LogP contribution in [0.2, 0.25) is 5.02 Å². The van der Waals surface area contributed by atoms with Crippen molar-refractivity contribution in [2.24, 2.45) is 0 Å². The first-order valence-corrected chi connectivity index (χ1v) is 12.1. The van der Waals surface area contributed by atoms with Gasteiger partial charge in [0.2, 0.25) is 17.8 Å². The number of benzene rings is 1. The summed E-state index contributed by atoms with van der Waals surface area (Å²) >= 11 is 6.08. The summed E-state index contributed by atoms with van der Waals surface area (Å²) in [6.45, 7) is 5.25. The van der Waals surface area contributed by atoms with E-state index in [9.17, 15) is 5.11 Å². The summed E-state index contributed by atoms with van der Waals surface area (Å²) in [7, 11) is 2.08. The zero-order chi connectivity index (χ0) is 22.5. The van der Waals surface area contributed by atoms with Gasteiger partial charge in [0.15, 0.2) is 0 Å². The summed E-state index contributed by atoms with van der Waals surface area (Å²) in [6, 6.07) is 5.92. The van der Waals surface area contributed by atoms with Gasteiger partial charge < -0.3 is 20.6 Å². The van der Waals surface area contributed by atoms with Crippen molar-refractivity contribution in [2.75, 3.05) is 42.2 Å². The highest BCUT2D eigenvalue weighted by atomic mass is 35.5. The van der Waals surface area contributed by atoms with Crippen LogP contribution in [0.5, 0.6) is 5.75 Å². The van der Waals surface area contributed by atoms with Crippen molar-refractivity contribution < 1.29 is 5.11 Å². The zero-order valence-electron chi connectivity index (χ0n) is 19.0. The minimum atomic E-state index is 0.0463. The van der Waals surface area contributed by atoms with E-state index >= 15 is 0 Å². The lowest BCUT2D eigenvalue weighted by Crippen LogP contribution is -2.36. The lowest BCUT2D eigenvalue weighted by atomic mass is 9.95. The van der Waals surface area contributed by atoms with Crippen LogP contribution in [0.25, 0.3) is 0 Å². The van der Waals surface area contributed by atoms with Gasteiger partial charge >= 0.3 is 0 Å². The molecule has 0 bridgehead atoms. The fourth-order valence-electron chi connectivity index (χ4n) is 4.75. The Bertz CT molecular complexity index is 906. The van der Waals surface area contributed by atoms with E-state index in [0.717, 1.165) is 32.5 Å². The number of likely N-dealkylation sites (tertiary alicyclic amines) is 1. The molecule has 1 saturated carbocycles. The fourth-order valence-corrected chi connectivity index (χ4v) is 4.94. The normalized spacial score (nSPS) is 19.8. The number of rotatable bonds is 8. The number of hydrogen-bond donors (Lipinski definition) is 3. The number of phenols is 1. The Balaban J connectivity index is 1.56. The van der Waals surface area contributed by atoms with Crippen molar-refractivity contribution in [3.8, 4) is 5.75 Å². The second-order valence-corrected chi connectivity index (χ2v) is 9.19. The Morgan fingerprint density at radius 2 is 1.88 bits per heavy atom. The molecule has 174 valence electrons. The number of hydrogen-bond acceptors (Lipinski definition) is 8. The van der Waals surface area contributed by atoms with E-state index in [-0.39, 0.29) is 10.8 Å². The lowest BCUT2D eigenvalue weighted by molar-refractivity contribution is 0.277. The van der Waals surface area contributed by atoms with Crippen LogP contribution in [0.3, 0.4) is 0 Å². The predicted octanol–water partition coefficient (Wildman–Crippen LogP) is 4.64. The maximum absolute atomic E-state index is 9.71. The van der Waals surface area contributed by atoms with E-state index in [0.29, 0.717) is 35.6 Å². The quantitative estimate of drug-likeness (QED) is 0.492. The zero-order valence-corrected chi connectivity index (χ0v) is 19.8. The maximum Gasteiger partial charge on any atom is 0.233 e. The van der Waals surface area contributed by atoms with Crippen LogP contribution >= 0.6 is 11.6 Å². The van der Waals surface area contributed by atoms with E-state index in [4.69, 9.17) is 21.6 Å². The summed E-state index contributed by atoms with van der Waals surface area (Å²) in [4.78, 5) is 18.8. The van der Waals surface area contributed by atoms with Crippen LogP contribution in [0, 0.1) is 0 Å². The molecule has 1 atom stereocenters. The van der Waals surface area contributed by atoms with E-state index in [1.807, 2.05) is 0 Å². The third-order valence-corrected chi connectivity index (χ3v) is 6.97. The molecular weight excluding hydrogens is 426 g/mol. The van der Waals surface area contributed by atoms with Gasteiger partial charge in [-0.3, -0.25) is 4.90 Å². The highest BCUT2D eigenvalue weighted by Gasteiger charge is 2.24. The van der Waals surface area contributed by atoms with Crippen LogP contribution in [-0.4, -0.2) is 63.7 Å². The molecule has 2 fully saturated rings. The Hall–Kier alpha value is -2.32. The molecule has 4 rings (SSSR count). The third kappa shape index (κ3) is 5.53. The first-order valence-electron chi connectivity index (χ1n) is 11.8. The largest absolute Gasteiger partial charge is 0.506 e. The van der Waals surface area contributed by atoms with Gasteiger partial charge in [-0.2, -0.15) is 15.0 Å². The minimum Gasteiger partial charge on any atom is -0.506 e. The Kier molecular flexibility index (Phi) is 7.52. The minimum absolute atomic E-state index is 0.0463. The molecule has 2 heterocycles. The standard InChI is InChI=1S/C23H34ClN7O/c1-3-31-13-7-10-18(31)15-25-21-27-22(26-16-11-12-20(32)19(24)14-16)29-23(28-21)30(2)17-8-5-4-6-9-17/h11-12,14,17-18,32H,3-10,13,15H2,1-2H3,(H2,25,26,27,28,29). The number of anilines is 4. The lowest BCUT2D eigenvalue weighted by Gasteiger charge is -2.31. The van der Waals surface area contributed by atoms with Gasteiger partial charge in [0.25, 0.3) is 0 Å². The monoisotopic (exact) mass is 459 g/mol. The van der Waals surface area contributed by atoms with Crippen LogP contribution in [0.4, 0.5) is 23.5 Å². The number of aromatic nitrogens is 3. The number of nitrogens with one attached hydrogen (secondary N) is 2. The van der Waals surface area contributed by atoms with Crippen molar-refractivity contribution in [3.05, 3.63) is 23.2 Å². The average molecular weight is 460 g/mol. The summed E-state index contributed by atoms with van der Waals surface area (Å²) in [5.74, 6) is 1.75. The molecule has 2 aromatic rings. The topological polar surface area (TPSA) is 89.4 Å². The summed E-state index contributed by atoms with van der Waals surface area (Å²) < 4.78 is 0. The third-order valence-electron chi connectivity index (χ3n) is 6.67. The van der Waals surface area contributed by atoms with Gasteiger partial charge in [-0.05, 0) is 57.0 Å². The van der Waals surface area contributed by atoms with Crippen LogP contribution in [-0.2, 0) is 0 Å². The van der Waals surface area contributed by atoms with E-state index in [2.05, 4.69) is 39.4 Å². The molecule has 1 aromatic carbocycles. The Morgan fingerprint density at radius 1 is 1.09 bits per heavy atom. The van der Waals surface area contributed by atoms with Crippen LogP contribution < -0.4 is 15.5 Å². The van der Waals surface area contributed by atoms with Gasteiger partial charge in [0.05, 0.1) is 5.02 Å². The van der Waals surface area contributed by atoms with Gasteiger partial charge in [-0.25, -0.2) is 0 Å². The Labute approximate surface area is 195 Å². The molecule has 0 radical (unpaired) electrons. The molecule has 1 unspecified atom stereocenters. The second kappa shape index (κ2) is 10.5. The van der Waals surface area contributed by atoms with Crippen LogP contribution in [0.15, 0.2) is 18.2 Å². The highest BCUT2D eigenvalue weighted by molar-refractivity contribution is 6.32. The van der Waals surface area contributed by atoms with Crippen molar-refractivity contribution in [1.29, 1.82) is 0 Å². The number of halogens is 1. The van der Waals surface area contributed by atoms with Gasteiger partial charge in [-0.1, -0.05) is 37.8 Å². The molecule has 1 aliphatic carbocycles. The first-order chi connectivity index (χ1) is 15.5. The van der Waals surface area contributed by atoms with Crippen molar-refractivity contribution in [3.63, 3.8) is 0 Å². The van der Waals surface area contributed by atoms with Gasteiger partial charge in [-0.15, -0.1) is 0 Å². The van der Waals surface area contributed by atoms with E-state index in [1.54, 1.807) is 18.2 Å². The van der Waals surface area contributed by atoms with Crippen LogP contribution in [0.1, 0.15) is 51.9 Å². The molecule has 2 aliphatic rings. The van der Waals surface area contributed by atoms with Gasteiger partial charge in [0, 0.05) is 31.4 Å². The molecule has 1 saturated heterocycles. The van der Waals surface area contributed by atoms with Crippen molar-refractivity contribution in [2.45, 2.75) is 64.0 Å². The SMILES string of the molecule is CCN1CCCC1CNc1nc(Nc2ccc(O)c(Cl)c2)nc(N(C)C2CCCCC2)n1. The molecule has 9 heteroatoms. The molecular formula is C23H34ClN7O. The fraction of sp³-hybridized carbons (Fsp3) is 0.609. The first kappa shape index (κ1) is 22.9. The van der Waals surface area contributed by atoms with E-state index in [1.165, 1.54) is 32.1 Å². The highest BCUT2D eigenvalue weighted by Crippen LogP contribution is 2.29.